The normalized spacial score (nSPS) is 20.0. The predicted molar refractivity (Wildman–Crippen MR) is 94.6 cm³/mol. The molecule has 1 unspecified atom stereocenters. The summed E-state index contributed by atoms with van der Waals surface area (Å²) in [6, 6.07) is 2.89. The van der Waals surface area contributed by atoms with Gasteiger partial charge in [-0.25, -0.2) is 9.97 Å². The summed E-state index contributed by atoms with van der Waals surface area (Å²) in [7, 11) is 0. The molecule has 3 heterocycles. The van der Waals surface area contributed by atoms with Gasteiger partial charge in [0, 0.05) is 0 Å². The number of amides is 1. The summed E-state index contributed by atoms with van der Waals surface area (Å²) in [5.41, 5.74) is -0.132. The summed E-state index contributed by atoms with van der Waals surface area (Å²) in [5, 5.41) is 2.51. The van der Waals surface area contributed by atoms with Gasteiger partial charge in [0.05, 0.1) is 18.1 Å². The van der Waals surface area contributed by atoms with E-state index in [1.165, 1.54) is 12.1 Å². The number of anilines is 1. The van der Waals surface area contributed by atoms with Gasteiger partial charge in [0.2, 0.25) is 11.9 Å². The molecule has 1 atom stereocenters. The molecule has 0 bridgehead atoms. The number of rotatable bonds is 4. The van der Waals surface area contributed by atoms with E-state index in [1.54, 1.807) is 0 Å². The van der Waals surface area contributed by atoms with Crippen LogP contribution < -0.4 is 5.32 Å². The van der Waals surface area contributed by atoms with Crippen LogP contribution in [0.5, 0.6) is 0 Å². The number of halogens is 4. The van der Waals surface area contributed by atoms with Crippen molar-refractivity contribution in [2.45, 2.75) is 64.0 Å². The van der Waals surface area contributed by atoms with E-state index < -0.39 is 18.6 Å². The third-order valence-corrected chi connectivity index (χ3v) is 4.56. The van der Waals surface area contributed by atoms with Gasteiger partial charge in [0.15, 0.2) is 5.65 Å². The lowest BCUT2D eigenvalue weighted by atomic mass is 9.94. The topological polar surface area (TPSA) is 69.0 Å². The molecule has 0 aliphatic carbocycles. The minimum absolute atomic E-state index is 0.0369. The number of hydrogen-bond donors (Lipinski definition) is 1. The van der Waals surface area contributed by atoms with E-state index in [0.29, 0.717) is 0 Å². The Hall–Kier alpha value is -1.87. The Bertz CT molecular complexity index is 851. The predicted octanol–water partition coefficient (Wildman–Crippen LogP) is 4.32. The standard InChI is InChI=1S/C17H20ClF3N4O2/c1-16(2)7-3-4-10(27-16)8-13(26)24-15-22-11-5-6-12(18)23-14(11)25(15)9-17(19,20)21/h5-6,10H,3-4,7-9H2,1-2H3,(H,22,24,26). The van der Waals surface area contributed by atoms with Crippen molar-refractivity contribution < 1.29 is 22.7 Å². The van der Waals surface area contributed by atoms with Crippen LogP contribution in [-0.2, 0) is 16.1 Å². The van der Waals surface area contributed by atoms with Crippen LogP contribution in [0.4, 0.5) is 19.1 Å². The molecule has 6 nitrogen and oxygen atoms in total. The van der Waals surface area contributed by atoms with Crippen molar-refractivity contribution in [1.82, 2.24) is 14.5 Å². The number of aromatic nitrogens is 3. The Kier molecular flexibility index (Phi) is 5.36. The van der Waals surface area contributed by atoms with E-state index in [9.17, 15) is 18.0 Å². The van der Waals surface area contributed by atoms with Gasteiger partial charge in [-0.3, -0.25) is 14.7 Å². The zero-order valence-electron chi connectivity index (χ0n) is 14.9. The zero-order valence-corrected chi connectivity index (χ0v) is 15.7. The number of nitrogens with one attached hydrogen (secondary N) is 1. The van der Waals surface area contributed by atoms with Crippen molar-refractivity contribution in [2.24, 2.45) is 0 Å². The first-order chi connectivity index (χ1) is 12.5. The van der Waals surface area contributed by atoms with Crippen molar-refractivity contribution in [3.8, 4) is 0 Å². The molecule has 148 valence electrons. The fraction of sp³-hybridized carbons (Fsp3) is 0.588. The lowest BCUT2D eigenvalue weighted by molar-refractivity contribution is -0.140. The number of imidazole rings is 1. The molecule has 10 heteroatoms. The Labute approximate surface area is 159 Å². The molecular formula is C17H20ClF3N4O2. The van der Waals surface area contributed by atoms with E-state index in [4.69, 9.17) is 16.3 Å². The second-order valence-corrected chi connectivity index (χ2v) is 7.64. The van der Waals surface area contributed by atoms with Gasteiger partial charge in [-0.2, -0.15) is 13.2 Å². The number of carbonyl (C=O) groups excluding carboxylic acids is 1. The molecule has 3 rings (SSSR count). The third-order valence-electron chi connectivity index (χ3n) is 4.35. The van der Waals surface area contributed by atoms with Crippen molar-refractivity contribution in [2.75, 3.05) is 5.32 Å². The Morgan fingerprint density at radius 1 is 1.41 bits per heavy atom. The fourth-order valence-electron chi connectivity index (χ4n) is 3.25. The third kappa shape index (κ3) is 5.10. The van der Waals surface area contributed by atoms with Crippen LogP contribution in [-0.4, -0.2) is 38.3 Å². The minimum Gasteiger partial charge on any atom is -0.372 e. The monoisotopic (exact) mass is 404 g/mol. The Morgan fingerprint density at radius 2 is 2.15 bits per heavy atom. The Balaban J connectivity index is 1.81. The largest absolute Gasteiger partial charge is 0.406 e. The number of carbonyl (C=O) groups is 1. The van der Waals surface area contributed by atoms with Crippen molar-refractivity contribution >= 4 is 34.6 Å². The molecule has 1 saturated heterocycles. The maximum atomic E-state index is 13.0. The Morgan fingerprint density at radius 3 is 2.81 bits per heavy atom. The van der Waals surface area contributed by atoms with Gasteiger partial charge in [0.25, 0.3) is 0 Å². The highest BCUT2D eigenvalue weighted by Gasteiger charge is 2.32. The van der Waals surface area contributed by atoms with E-state index >= 15 is 0 Å². The van der Waals surface area contributed by atoms with Crippen LogP contribution in [0.25, 0.3) is 11.2 Å². The van der Waals surface area contributed by atoms with E-state index in [-0.39, 0.29) is 40.4 Å². The second-order valence-electron chi connectivity index (χ2n) is 7.26. The summed E-state index contributed by atoms with van der Waals surface area (Å²) in [4.78, 5) is 20.4. The van der Waals surface area contributed by atoms with Crippen molar-refractivity contribution in [1.29, 1.82) is 0 Å². The second kappa shape index (κ2) is 7.27. The number of fused-ring (bicyclic) bond motifs is 1. The highest BCUT2D eigenvalue weighted by atomic mass is 35.5. The molecule has 1 aliphatic rings. The van der Waals surface area contributed by atoms with Gasteiger partial charge in [-0.1, -0.05) is 11.6 Å². The van der Waals surface area contributed by atoms with E-state index in [0.717, 1.165) is 23.8 Å². The van der Waals surface area contributed by atoms with Crippen LogP contribution in [0, 0.1) is 0 Å². The minimum atomic E-state index is -4.51. The van der Waals surface area contributed by atoms with Crippen LogP contribution in [0.15, 0.2) is 12.1 Å². The van der Waals surface area contributed by atoms with E-state index in [1.807, 2.05) is 13.8 Å². The average Bonchev–Trinajstić information content (AvgIpc) is 2.81. The molecular weight excluding hydrogens is 385 g/mol. The summed E-state index contributed by atoms with van der Waals surface area (Å²) in [5.74, 6) is -0.667. The first kappa shape index (κ1) is 19.9. The first-order valence-electron chi connectivity index (χ1n) is 8.60. The van der Waals surface area contributed by atoms with Gasteiger partial charge in [0.1, 0.15) is 17.2 Å². The van der Waals surface area contributed by atoms with Crippen molar-refractivity contribution in [3.05, 3.63) is 17.3 Å². The van der Waals surface area contributed by atoms with Gasteiger partial charge < -0.3 is 4.74 Å². The summed E-state index contributed by atoms with van der Waals surface area (Å²) < 4.78 is 45.6. The molecule has 0 aromatic carbocycles. The highest BCUT2D eigenvalue weighted by molar-refractivity contribution is 6.29. The molecule has 2 aromatic rings. The molecule has 1 amide bonds. The van der Waals surface area contributed by atoms with Crippen LogP contribution in [0.3, 0.4) is 0 Å². The van der Waals surface area contributed by atoms with Crippen LogP contribution >= 0.6 is 11.6 Å². The summed E-state index contributed by atoms with van der Waals surface area (Å²) >= 11 is 5.80. The number of alkyl halides is 3. The number of ether oxygens (including phenoxy) is 1. The zero-order chi connectivity index (χ0) is 19.8. The van der Waals surface area contributed by atoms with Crippen LogP contribution in [0.1, 0.15) is 39.5 Å². The number of pyridine rings is 1. The van der Waals surface area contributed by atoms with Crippen molar-refractivity contribution in [3.63, 3.8) is 0 Å². The number of nitrogens with zero attached hydrogens (tertiary/aromatic N) is 3. The molecule has 0 radical (unpaired) electrons. The summed E-state index contributed by atoms with van der Waals surface area (Å²) in [6.07, 6.45) is -2.17. The smallest absolute Gasteiger partial charge is 0.372 e. The summed E-state index contributed by atoms with van der Waals surface area (Å²) in [6.45, 7) is 2.57. The molecule has 0 spiro atoms. The maximum absolute atomic E-state index is 13.0. The van der Waals surface area contributed by atoms with Gasteiger partial charge in [-0.15, -0.1) is 0 Å². The maximum Gasteiger partial charge on any atom is 0.406 e. The first-order valence-corrected chi connectivity index (χ1v) is 8.97. The van der Waals surface area contributed by atoms with Gasteiger partial charge in [-0.05, 0) is 45.2 Å². The molecule has 1 aliphatic heterocycles. The number of hydrogen-bond acceptors (Lipinski definition) is 4. The molecule has 1 fully saturated rings. The highest BCUT2D eigenvalue weighted by Crippen LogP contribution is 2.30. The molecule has 27 heavy (non-hydrogen) atoms. The SMILES string of the molecule is CC1(C)CCCC(CC(=O)Nc2nc3ccc(Cl)nc3n2CC(F)(F)F)O1. The van der Waals surface area contributed by atoms with E-state index in [2.05, 4.69) is 15.3 Å². The molecule has 0 saturated carbocycles. The van der Waals surface area contributed by atoms with Crippen LogP contribution in [0.2, 0.25) is 5.15 Å². The lowest BCUT2D eigenvalue weighted by Crippen LogP contribution is -2.37. The lowest BCUT2D eigenvalue weighted by Gasteiger charge is -2.35. The average molecular weight is 405 g/mol. The molecule has 1 N–H and O–H groups in total. The molecule has 2 aromatic heterocycles. The van der Waals surface area contributed by atoms with Gasteiger partial charge >= 0.3 is 6.18 Å². The fourth-order valence-corrected chi connectivity index (χ4v) is 3.40. The quantitative estimate of drug-likeness (QED) is 0.770.